The van der Waals surface area contributed by atoms with Gasteiger partial charge in [-0.1, -0.05) is 0 Å². The molecule has 8 heteroatoms. The first-order valence-electron chi connectivity index (χ1n) is 3.77. The Morgan fingerprint density at radius 1 is 1.64 bits per heavy atom. The van der Waals surface area contributed by atoms with Gasteiger partial charge < -0.3 is 10.1 Å². The van der Waals surface area contributed by atoms with Crippen molar-refractivity contribution in [3.63, 3.8) is 0 Å². The lowest BCUT2D eigenvalue weighted by Crippen LogP contribution is -2.16. The predicted octanol–water partition coefficient (Wildman–Crippen LogP) is -0.263. The van der Waals surface area contributed by atoms with Gasteiger partial charge in [0.05, 0.1) is 6.20 Å². The van der Waals surface area contributed by atoms with Crippen LogP contribution in [0.2, 0.25) is 0 Å². The molecule has 1 aliphatic heterocycles. The van der Waals surface area contributed by atoms with Gasteiger partial charge in [-0.25, -0.2) is 4.99 Å². The van der Waals surface area contributed by atoms with Crippen LogP contribution in [0.15, 0.2) is 16.2 Å². The number of H-pyrrole nitrogens is 1. The minimum Gasteiger partial charge on any atom is -0.358 e. The molecule has 2 heterocycles. The van der Waals surface area contributed by atoms with Gasteiger partial charge in [-0.05, 0) is 9.92 Å². The van der Waals surface area contributed by atoms with Crippen molar-refractivity contribution in [3.8, 4) is 0 Å². The summed E-state index contributed by atoms with van der Waals surface area (Å²) in [5.41, 5.74) is -0.569. The molecular weight excluding hydrogens is 188 g/mol. The monoisotopic (exact) mass is 194 g/mol. The first kappa shape index (κ1) is 8.48. The van der Waals surface area contributed by atoms with E-state index in [-0.39, 0.29) is 5.84 Å². The second-order valence-corrected chi connectivity index (χ2v) is 2.86. The summed E-state index contributed by atoms with van der Waals surface area (Å²) in [5.74, 6) is -0.268. The highest BCUT2D eigenvalue weighted by Crippen LogP contribution is 2.27. The quantitative estimate of drug-likeness (QED) is 0.490. The number of aliphatic imine (C=N–C) groups is 2. The lowest BCUT2D eigenvalue weighted by Gasteiger charge is -2.05. The van der Waals surface area contributed by atoms with E-state index in [9.17, 15) is 10.1 Å². The van der Waals surface area contributed by atoms with Crippen LogP contribution in [0, 0.1) is 10.1 Å². The maximum Gasteiger partial charge on any atom is 0.379 e. The van der Waals surface area contributed by atoms with Crippen molar-refractivity contribution in [2.24, 2.45) is 9.98 Å². The summed E-state index contributed by atoms with van der Waals surface area (Å²) in [7, 11) is 0. The van der Waals surface area contributed by atoms with Gasteiger partial charge >= 0.3 is 5.84 Å². The smallest absolute Gasteiger partial charge is 0.358 e. The third-order valence-corrected chi connectivity index (χ3v) is 1.85. The number of nitrogens with zero attached hydrogens (tertiary/aromatic N) is 5. The Morgan fingerprint density at radius 3 is 2.93 bits per heavy atom. The molecule has 0 fully saturated rings. The molecule has 0 bridgehead atoms. The topological polar surface area (TPSA) is 109 Å². The van der Waals surface area contributed by atoms with Crippen LogP contribution in [0.25, 0.3) is 0 Å². The van der Waals surface area contributed by atoms with Crippen molar-refractivity contribution in [3.05, 3.63) is 22.0 Å². The average Bonchev–Trinajstić information content (AvgIpc) is 2.71. The van der Waals surface area contributed by atoms with Crippen LogP contribution in [-0.2, 0) is 5.66 Å². The van der Waals surface area contributed by atoms with E-state index in [0.29, 0.717) is 5.69 Å². The normalized spacial score (nSPS) is 25.1. The first-order chi connectivity index (χ1) is 6.62. The Balaban J connectivity index is 2.39. The highest BCUT2D eigenvalue weighted by molar-refractivity contribution is 6.26. The molecule has 1 atom stereocenters. The van der Waals surface area contributed by atoms with E-state index < -0.39 is 10.6 Å². The van der Waals surface area contributed by atoms with E-state index >= 15 is 0 Å². The Morgan fingerprint density at radius 2 is 2.43 bits per heavy atom. The lowest BCUT2D eigenvalue weighted by atomic mass is 10.2. The summed E-state index contributed by atoms with van der Waals surface area (Å²) < 4.78 is 0. The van der Waals surface area contributed by atoms with E-state index in [0.717, 1.165) is 6.21 Å². The van der Waals surface area contributed by atoms with E-state index in [4.69, 9.17) is 0 Å². The zero-order valence-electron chi connectivity index (χ0n) is 7.21. The van der Waals surface area contributed by atoms with Gasteiger partial charge in [0.15, 0.2) is 5.69 Å². The zero-order chi connectivity index (χ0) is 10.2. The Hall–Kier alpha value is -2.12. The molecule has 1 N–H and O–H groups in total. The number of hydrogen-bond acceptors (Lipinski definition) is 6. The summed E-state index contributed by atoms with van der Waals surface area (Å²) in [6.45, 7) is 1.62. The van der Waals surface area contributed by atoms with Crippen LogP contribution in [-0.4, -0.2) is 32.4 Å². The van der Waals surface area contributed by atoms with Crippen molar-refractivity contribution in [2.75, 3.05) is 0 Å². The van der Waals surface area contributed by atoms with Gasteiger partial charge in [0.2, 0.25) is 0 Å². The third kappa shape index (κ3) is 1.16. The predicted molar refractivity (Wildman–Crippen MR) is 46.7 cm³/mol. The number of nitro groups is 1. The largest absolute Gasteiger partial charge is 0.379 e. The molecule has 0 saturated carbocycles. The number of amidine groups is 1. The van der Waals surface area contributed by atoms with Crippen LogP contribution < -0.4 is 0 Å². The average molecular weight is 194 g/mol. The molecule has 1 aliphatic rings. The van der Waals surface area contributed by atoms with Crippen LogP contribution >= 0.6 is 0 Å². The molecule has 2 rings (SSSR count). The zero-order valence-corrected chi connectivity index (χ0v) is 7.21. The highest BCUT2D eigenvalue weighted by atomic mass is 16.6. The Labute approximate surface area is 77.9 Å². The number of hydrogen-bond donors (Lipinski definition) is 1. The molecule has 0 aromatic carbocycles. The fourth-order valence-electron chi connectivity index (χ4n) is 1.11. The highest BCUT2D eigenvalue weighted by Gasteiger charge is 2.40. The second kappa shape index (κ2) is 2.69. The van der Waals surface area contributed by atoms with E-state index in [1.54, 1.807) is 6.92 Å². The summed E-state index contributed by atoms with van der Waals surface area (Å²) in [6.07, 6.45) is 2.55. The summed E-state index contributed by atoms with van der Waals surface area (Å²) in [5, 5.41) is 20.2. The molecule has 0 aliphatic carbocycles. The molecule has 0 amide bonds. The van der Waals surface area contributed by atoms with Crippen LogP contribution in [0.3, 0.4) is 0 Å². The van der Waals surface area contributed by atoms with Crippen molar-refractivity contribution in [2.45, 2.75) is 12.6 Å². The fraction of sp³-hybridized carbons (Fsp3) is 0.333. The van der Waals surface area contributed by atoms with Gasteiger partial charge in [-0.3, -0.25) is 0 Å². The molecule has 1 unspecified atom stereocenters. The van der Waals surface area contributed by atoms with Gasteiger partial charge in [0.1, 0.15) is 6.21 Å². The van der Waals surface area contributed by atoms with Crippen LogP contribution in [0.4, 0.5) is 0 Å². The number of aromatic nitrogens is 3. The van der Waals surface area contributed by atoms with Gasteiger partial charge in [0.25, 0.3) is 5.66 Å². The molecule has 1 aromatic rings. The Kier molecular flexibility index (Phi) is 1.63. The minimum atomic E-state index is -1.02. The van der Waals surface area contributed by atoms with Crippen molar-refractivity contribution in [1.82, 2.24) is 15.4 Å². The standard InChI is InChI=1S/C6H6N6O2/c1-6(4-2-8-11-10-4)7-3-5(9-6)12(13)14/h2-3H,1H3,(H,8,10,11). The first-order valence-corrected chi connectivity index (χ1v) is 3.77. The minimum absolute atomic E-state index is 0.268. The molecule has 0 spiro atoms. The fourth-order valence-corrected chi connectivity index (χ4v) is 1.11. The van der Waals surface area contributed by atoms with E-state index in [2.05, 4.69) is 25.4 Å². The molecule has 8 nitrogen and oxygen atoms in total. The third-order valence-electron chi connectivity index (χ3n) is 1.85. The molecule has 14 heavy (non-hydrogen) atoms. The summed E-state index contributed by atoms with van der Waals surface area (Å²) >= 11 is 0. The molecule has 0 saturated heterocycles. The number of nitrogens with one attached hydrogen (secondary N) is 1. The maximum atomic E-state index is 10.4. The van der Waals surface area contributed by atoms with Gasteiger partial charge in [-0.2, -0.15) is 15.4 Å². The van der Waals surface area contributed by atoms with E-state index in [1.807, 2.05) is 0 Å². The molecule has 0 radical (unpaired) electrons. The summed E-state index contributed by atoms with van der Waals surface area (Å²) in [4.78, 5) is 17.6. The van der Waals surface area contributed by atoms with E-state index in [1.165, 1.54) is 6.20 Å². The lowest BCUT2D eigenvalue weighted by molar-refractivity contribution is -0.345. The van der Waals surface area contributed by atoms with Crippen LogP contribution in [0.5, 0.6) is 0 Å². The van der Waals surface area contributed by atoms with Crippen molar-refractivity contribution < 1.29 is 4.92 Å². The SMILES string of the molecule is CC1(c2cn[nH]n2)N=CC([N+](=O)[O-])=N1. The van der Waals surface area contributed by atoms with Crippen LogP contribution in [0.1, 0.15) is 12.6 Å². The second-order valence-electron chi connectivity index (χ2n) is 2.86. The van der Waals surface area contributed by atoms with Gasteiger partial charge in [-0.15, -0.1) is 0 Å². The molecule has 1 aromatic heterocycles. The Bertz CT molecular complexity index is 422. The number of aromatic amines is 1. The molecular formula is C6H6N6O2. The van der Waals surface area contributed by atoms with Crippen molar-refractivity contribution >= 4 is 12.1 Å². The number of rotatable bonds is 1. The molecule has 72 valence electrons. The van der Waals surface area contributed by atoms with Crippen molar-refractivity contribution in [1.29, 1.82) is 0 Å². The van der Waals surface area contributed by atoms with Gasteiger partial charge in [0, 0.05) is 6.92 Å². The maximum absolute atomic E-state index is 10.4. The summed E-state index contributed by atoms with van der Waals surface area (Å²) in [6, 6.07) is 0.